The van der Waals surface area contributed by atoms with Gasteiger partial charge in [-0.3, -0.25) is 0 Å². The summed E-state index contributed by atoms with van der Waals surface area (Å²) >= 11 is 6.18. The van der Waals surface area contributed by atoms with E-state index in [4.69, 9.17) is 11.6 Å². The van der Waals surface area contributed by atoms with E-state index in [0.717, 1.165) is 23.2 Å². The third-order valence-corrected chi connectivity index (χ3v) is 3.36. The molecule has 1 atom stereocenters. The molecule has 0 heterocycles. The van der Waals surface area contributed by atoms with Gasteiger partial charge in [0.15, 0.2) is 0 Å². The van der Waals surface area contributed by atoms with Crippen LogP contribution in [0.15, 0.2) is 42.5 Å². The molecule has 1 N–H and O–H groups in total. The van der Waals surface area contributed by atoms with Gasteiger partial charge in [-0.25, -0.2) is 4.39 Å². The summed E-state index contributed by atoms with van der Waals surface area (Å²) in [4.78, 5) is 0. The number of halogens is 2. The number of rotatable bonds is 4. The summed E-state index contributed by atoms with van der Waals surface area (Å²) in [5.41, 5.74) is 3.04. The lowest BCUT2D eigenvalue weighted by Gasteiger charge is -2.18. The molecule has 0 fully saturated rings. The second kappa shape index (κ2) is 6.07. The maximum Gasteiger partial charge on any atom is 0.123 e. The predicted molar refractivity (Wildman–Crippen MR) is 79.4 cm³/mol. The minimum atomic E-state index is -0.196. The van der Waals surface area contributed by atoms with Crippen molar-refractivity contribution >= 4 is 17.3 Å². The van der Waals surface area contributed by atoms with Gasteiger partial charge in [0.25, 0.3) is 0 Å². The lowest BCUT2D eigenvalue weighted by molar-refractivity contribution is 0.624. The zero-order valence-electron chi connectivity index (χ0n) is 11.1. The number of hydrogen-bond acceptors (Lipinski definition) is 1. The first-order valence-electron chi connectivity index (χ1n) is 6.32. The Balaban J connectivity index is 2.07. The fraction of sp³-hybridized carbons (Fsp3) is 0.250. The zero-order chi connectivity index (χ0) is 13.8. The van der Waals surface area contributed by atoms with Gasteiger partial charge in [-0.2, -0.15) is 0 Å². The first-order chi connectivity index (χ1) is 9.06. The average Bonchev–Trinajstić information content (AvgIpc) is 2.34. The Kier molecular flexibility index (Phi) is 4.43. The van der Waals surface area contributed by atoms with E-state index >= 15 is 0 Å². The van der Waals surface area contributed by atoms with Gasteiger partial charge in [-0.15, -0.1) is 0 Å². The Hall–Kier alpha value is -1.54. The Morgan fingerprint density at radius 2 is 1.95 bits per heavy atom. The molecule has 2 rings (SSSR count). The Bertz CT molecular complexity index is 548. The van der Waals surface area contributed by atoms with Crippen molar-refractivity contribution in [2.24, 2.45) is 0 Å². The lowest BCUT2D eigenvalue weighted by Crippen LogP contribution is -2.19. The molecule has 2 aromatic carbocycles. The first-order valence-corrected chi connectivity index (χ1v) is 6.70. The number of para-hydroxylation sites is 1. The number of hydrogen-bond donors (Lipinski definition) is 1. The van der Waals surface area contributed by atoms with Crippen LogP contribution in [-0.2, 0) is 6.42 Å². The highest BCUT2D eigenvalue weighted by molar-refractivity contribution is 6.33. The van der Waals surface area contributed by atoms with E-state index in [9.17, 15) is 4.39 Å². The van der Waals surface area contributed by atoms with Crippen LogP contribution >= 0.6 is 11.6 Å². The Morgan fingerprint density at radius 3 is 2.63 bits per heavy atom. The maximum atomic E-state index is 13.1. The van der Waals surface area contributed by atoms with Crippen LogP contribution in [0.25, 0.3) is 0 Å². The highest BCUT2D eigenvalue weighted by Gasteiger charge is 2.08. The fourth-order valence-corrected chi connectivity index (χ4v) is 2.41. The van der Waals surface area contributed by atoms with Crippen molar-refractivity contribution in [2.75, 3.05) is 5.32 Å². The maximum absolute atomic E-state index is 13.1. The molecular weight excluding hydrogens is 261 g/mol. The van der Waals surface area contributed by atoms with Gasteiger partial charge >= 0.3 is 0 Å². The topological polar surface area (TPSA) is 12.0 Å². The molecule has 0 aromatic heterocycles. The molecular formula is C16H17ClFN. The van der Waals surface area contributed by atoms with Crippen molar-refractivity contribution < 1.29 is 4.39 Å². The zero-order valence-corrected chi connectivity index (χ0v) is 11.8. The van der Waals surface area contributed by atoms with Gasteiger partial charge < -0.3 is 5.32 Å². The molecule has 0 saturated heterocycles. The predicted octanol–water partition coefficient (Wildman–Crippen LogP) is 4.83. The first kappa shape index (κ1) is 13.9. The highest BCUT2D eigenvalue weighted by atomic mass is 35.5. The van der Waals surface area contributed by atoms with Crippen LogP contribution in [0.2, 0.25) is 5.02 Å². The van der Waals surface area contributed by atoms with Crippen molar-refractivity contribution in [3.63, 3.8) is 0 Å². The van der Waals surface area contributed by atoms with Crippen LogP contribution in [0.4, 0.5) is 10.1 Å². The largest absolute Gasteiger partial charge is 0.381 e. The molecule has 0 amide bonds. The summed E-state index contributed by atoms with van der Waals surface area (Å²) in [5.74, 6) is -0.196. The van der Waals surface area contributed by atoms with Crippen molar-refractivity contribution in [1.29, 1.82) is 0 Å². The van der Waals surface area contributed by atoms with Gasteiger partial charge in [0.2, 0.25) is 0 Å². The SMILES string of the molecule is Cc1cccc(Cl)c1NC(C)Cc1cccc(F)c1. The summed E-state index contributed by atoms with van der Waals surface area (Å²) in [6, 6.07) is 12.7. The van der Waals surface area contributed by atoms with Crippen LogP contribution in [0.3, 0.4) is 0 Å². The molecule has 2 aromatic rings. The summed E-state index contributed by atoms with van der Waals surface area (Å²) in [5, 5.41) is 4.11. The van der Waals surface area contributed by atoms with Crippen molar-refractivity contribution in [2.45, 2.75) is 26.3 Å². The smallest absolute Gasteiger partial charge is 0.123 e. The van der Waals surface area contributed by atoms with Gasteiger partial charge in [-0.1, -0.05) is 35.9 Å². The van der Waals surface area contributed by atoms with Gasteiger partial charge in [0.1, 0.15) is 5.82 Å². The summed E-state index contributed by atoms with van der Waals surface area (Å²) in [6.45, 7) is 4.08. The number of anilines is 1. The Morgan fingerprint density at radius 1 is 1.21 bits per heavy atom. The second-order valence-corrected chi connectivity index (χ2v) is 5.22. The molecule has 1 nitrogen and oxygen atoms in total. The van der Waals surface area contributed by atoms with E-state index in [1.54, 1.807) is 12.1 Å². The van der Waals surface area contributed by atoms with Crippen molar-refractivity contribution in [3.05, 3.63) is 64.4 Å². The number of aryl methyl sites for hydroxylation is 1. The minimum absolute atomic E-state index is 0.181. The highest BCUT2D eigenvalue weighted by Crippen LogP contribution is 2.26. The fourth-order valence-electron chi connectivity index (χ4n) is 2.13. The standard InChI is InChI=1S/C16H17ClFN/c1-11-5-3-8-15(17)16(11)19-12(2)9-13-6-4-7-14(18)10-13/h3-8,10,12,19H,9H2,1-2H3. The normalized spacial score (nSPS) is 12.2. The van der Waals surface area contributed by atoms with Gasteiger partial charge in [0.05, 0.1) is 10.7 Å². The van der Waals surface area contributed by atoms with E-state index in [2.05, 4.69) is 12.2 Å². The Labute approximate surface area is 118 Å². The van der Waals surface area contributed by atoms with Crippen LogP contribution < -0.4 is 5.32 Å². The van der Waals surface area contributed by atoms with Crippen LogP contribution in [-0.4, -0.2) is 6.04 Å². The summed E-state index contributed by atoms with van der Waals surface area (Å²) < 4.78 is 13.1. The minimum Gasteiger partial charge on any atom is -0.381 e. The third kappa shape index (κ3) is 3.71. The molecule has 1 unspecified atom stereocenters. The lowest BCUT2D eigenvalue weighted by atomic mass is 10.1. The molecule has 3 heteroatoms. The number of nitrogens with one attached hydrogen (secondary N) is 1. The molecule has 0 bridgehead atoms. The van der Waals surface area contributed by atoms with E-state index in [1.165, 1.54) is 6.07 Å². The molecule has 19 heavy (non-hydrogen) atoms. The molecule has 0 aliphatic carbocycles. The second-order valence-electron chi connectivity index (χ2n) is 4.81. The van der Waals surface area contributed by atoms with E-state index in [-0.39, 0.29) is 11.9 Å². The van der Waals surface area contributed by atoms with Crippen LogP contribution in [0.5, 0.6) is 0 Å². The van der Waals surface area contributed by atoms with Gasteiger partial charge in [0, 0.05) is 6.04 Å². The van der Waals surface area contributed by atoms with Gasteiger partial charge in [-0.05, 0) is 49.6 Å². The van der Waals surface area contributed by atoms with E-state index in [0.29, 0.717) is 5.02 Å². The van der Waals surface area contributed by atoms with Crippen LogP contribution in [0.1, 0.15) is 18.1 Å². The van der Waals surface area contributed by atoms with E-state index in [1.807, 2.05) is 31.2 Å². The third-order valence-electron chi connectivity index (χ3n) is 3.04. The average molecular weight is 278 g/mol. The summed E-state index contributed by atoms with van der Waals surface area (Å²) in [7, 11) is 0. The monoisotopic (exact) mass is 277 g/mol. The molecule has 0 radical (unpaired) electrons. The van der Waals surface area contributed by atoms with Crippen molar-refractivity contribution in [1.82, 2.24) is 0 Å². The molecule has 100 valence electrons. The quantitative estimate of drug-likeness (QED) is 0.844. The van der Waals surface area contributed by atoms with Crippen LogP contribution in [0, 0.1) is 12.7 Å². The molecule has 0 aliphatic rings. The molecule has 0 spiro atoms. The molecule has 0 aliphatic heterocycles. The molecule has 0 saturated carbocycles. The number of benzene rings is 2. The van der Waals surface area contributed by atoms with Crippen molar-refractivity contribution in [3.8, 4) is 0 Å². The summed E-state index contributed by atoms with van der Waals surface area (Å²) in [6.07, 6.45) is 0.752. The van der Waals surface area contributed by atoms with E-state index < -0.39 is 0 Å².